The van der Waals surface area contributed by atoms with Crippen molar-refractivity contribution in [2.45, 2.75) is 17.5 Å². The maximum Gasteiger partial charge on any atom is 0.304 e. The van der Waals surface area contributed by atoms with E-state index in [0.29, 0.717) is 6.54 Å². The average molecular weight is 253 g/mol. The van der Waals surface area contributed by atoms with Gasteiger partial charge in [-0.3, -0.25) is 4.55 Å². The van der Waals surface area contributed by atoms with E-state index in [1.54, 1.807) is 11.6 Å². The lowest BCUT2D eigenvalue weighted by Crippen LogP contribution is -2.48. The number of thioether (sulfide) groups is 1. The standard InChI is InChI=1S/C7H11NO3S3/c1-2-3-8-4-5-13-7(8,6-12)14(9,10)11/h4-6H,2-3H2,1H3,(H,9,10,11). The van der Waals surface area contributed by atoms with Crippen molar-refractivity contribution in [3.63, 3.8) is 0 Å². The van der Waals surface area contributed by atoms with Crippen LogP contribution in [0.4, 0.5) is 0 Å². The Bertz CT molecular complexity index is 351. The lowest BCUT2D eigenvalue weighted by molar-refractivity contribution is 0.352. The molecule has 1 unspecified atom stereocenters. The highest BCUT2D eigenvalue weighted by atomic mass is 32.3. The molecule has 1 atom stereocenters. The van der Waals surface area contributed by atoms with Crippen molar-refractivity contribution in [2.24, 2.45) is 0 Å². The van der Waals surface area contributed by atoms with E-state index in [1.165, 1.54) is 4.90 Å². The summed E-state index contributed by atoms with van der Waals surface area (Å²) in [6.07, 6.45) is 2.41. The number of rotatable bonds is 4. The van der Waals surface area contributed by atoms with Crippen molar-refractivity contribution in [1.82, 2.24) is 4.90 Å². The first-order valence-corrected chi connectivity index (χ1v) is 6.81. The topological polar surface area (TPSA) is 57.6 Å². The summed E-state index contributed by atoms with van der Waals surface area (Å²) in [5, 5.41) is 2.70. The fourth-order valence-corrected chi connectivity index (χ4v) is 3.85. The van der Waals surface area contributed by atoms with Crippen LogP contribution < -0.4 is 0 Å². The highest BCUT2D eigenvalue weighted by Crippen LogP contribution is 2.39. The predicted octanol–water partition coefficient (Wildman–Crippen LogP) is 1.46. The molecule has 14 heavy (non-hydrogen) atoms. The van der Waals surface area contributed by atoms with Gasteiger partial charge in [0.15, 0.2) is 0 Å². The Balaban J connectivity index is 3.07. The zero-order valence-corrected chi connectivity index (χ0v) is 10.0. The molecule has 7 heteroatoms. The van der Waals surface area contributed by atoms with Crippen molar-refractivity contribution >= 4 is 39.5 Å². The molecule has 1 aliphatic heterocycles. The minimum absolute atomic E-state index is 0.538. The molecule has 80 valence electrons. The number of hydrogen-bond donors (Lipinski definition) is 1. The lowest BCUT2D eigenvalue weighted by atomic mass is 10.4. The zero-order valence-electron chi connectivity index (χ0n) is 7.58. The van der Waals surface area contributed by atoms with Crippen LogP contribution in [-0.4, -0.2) is 34.0 Å². The maximum atomic E-state index is 11.2. The van der Waals surface area contributed by atoms with Crippen LogP contribution in [0.3, 0.4) is 0 Å². The Morgan fingerprint density at radius 2 is 2.36 bits per heavy atom. The van der Waals surface area contributed by atoms with Crippen molar-refractivity contribution in [1.29, 1.82) is 0 Å². The molecule has 1 N–H and O–H groups in total. The Morgan fingerprint density at radius 1 is 1.71 bits per heavy atom. The molecule has 0 amide bonds. The van der Waals surface area contributed by atoms with Gasteiger partial charge in [0.1, 0.15) is 0 Å². The summed E-state index contributed by atoms with van der Waals surface area (Å²) >= 11 is 5.69. The molecule has 4 nitrogen and oxygen atoms in total. The molecule has 0 spiro atoms. The fraction of sp³-hybridized carbons (Fsp3) is 0.571. The van der Waals surface area contributed by atoms with Crippen LogP contribution in [-0.2, 0) is 10.1 Å². The minimum Gasteiger partial charge on any atom is -0.344 e. The Morgan fingerprint density at radius 3 is 2.79 bits per heavy atom. The average Bonchev–Trinajstić information content (AvgIpc) is 2.48. The highest BCUT2D eigenvalue weighted by molar-refractivity contribution is 8.16. The summed E-state index contributed by atoms with van der Waals surface area (Å²) in [6, 6.07) is 0. The van der Waals surface area contributed by atoms with E-state index in [-0.39, 0.29) is 0 Å². The summed E-state index contributed by atoms with van der Waals surface area (Å²) in [7, 11) is -4.22. The van der Waals surface area contributed by atoms with Gasteiger partial charge in [-0.2, -0.15) is 8.42 Å². The van der Waals surface area contributed by atoms with Gasteiger partial charge in [-0.1, -0.05) is 30.9 Å². The predicted molar refractivity (Wildman–Crippen MR) is 61.7 cm³/mol. The van der Waals surface area contributed by atoms with E-state index in [1.807, 2.05) is 6.92 Å². The van der Waals surface area contributed by atoms with Crippen molar-refractivity contribution in [3.05, 3.63) is 11.6 Å². The first-order valence-electron chi connectivity index (χ1n) is 4.02. The second kappa shape index (κ2) is 4.18. The van der Waals surface area contributed by atoms with Gasteiger partial charge in [-0.15, -0.1) is 0 Å². The van der Waals surface area contributed by atoms with Crippen molar-refractivity contribution in [3.8, 4) is 0 Å². The zero-order chi connectivity index (χ0) is 10.8. The Hall–Kier alpha value is -0.110. The van der Waals surface area contributed by atoms with Crippen LogP contribution in [0.15, 0.2) is 11.6 Å². The highest BCUT2D eigenvalue weighted by Gasteiger charge is 2.48. The molecule has 0 saturated carbocycles. The molecule has 0 aromatic heterocycles. The van der Waals surface area contributed by atoms with E-state index in [2.05, 4.69) is 0 Å². The van der Waals surface area contributed by atoms with Crippen LogP contribution >= 0.6 is 24.0 Å². The molecule has 0 radical (unpaired) electrons. The molecular weight excluding hydrogens is 242 g/mol. The first kappa shape index (κ1) is 12.0. The second-order valence-electron chi connectivity index (χ2n) is 2.82. The first-order chi connectivity index (χ1) is 6.48. The van der Waals surface area contributed by atoms with Crippen LogP contribution in [0.2, 0.25) is 0 Å². The third-order valence-corrected chi connectivity index (χ3v) is 5.46. The molecule has 1 rings (SSSR count). The largest absolute Gasteiger partial charge is 0.344 e. The fourth-order valence-electron chi connectivity index (χ4n) is 1.21. The molecule has 1 aliphatic rings. The number of hydrogen-bond acceptors (Lipinski definition) is 5. The van der Waals surface area contributed by atoms with E-state index in [9.17, 15) is 8.42 Å². The van der Waals surface area contributed by atoms with Crippen LogP contribution in [0, 0.1) is 0 Å². The van der Waals surface area contributed by atoms with Gasteiger partial charge in [0.2, 0.25) is 4.20 Å². The molecule has 0 aromatic carbocycles. The van der Waals surface area contributed by atoms with Crippen molar-refractivity contribution in [2.75, 3.05) is 6.54 Å². The van der Waals surface area contributed by atoms with Gasteiger partial charge in [0.05, 0.1) is 0 Å². The van der Waals surface area contributed by atoms with Crippen LogP contribution in [0.25, 0.3) is 0 Å². The molecule has 0 aromatic rings. The van der Waals surface area contributed by atoms with E-state index < -0.39 is 14.3 Å². The third kappa shape index (κ3) is 1.81. The number of thiocarbonyl (C=S) groups is 1. The SMILES string of the molecule is CCCN1C=CSC1(C=S)S(=O)(=O)O. The summed E-state index contributed by atoms with van der Waals surface area (Å²) in [5.74, 6) is 0. The van der Waals surface area contributed by atoms with E-state index in [4.69, 9.17) is 16.8 Å². The Labute approximate surface area is 93.1 Å². The molecule has 1 heterocycles. The van der Waals surface area contributed by atoms with Gasteiger partial charge in [0.25, 0.3) is 0 Å². The molecule has 0 bridgehead atoms. The smallest absolute Gasteiger partial charge is 0.304 e. The van der Waals surface area contributed by atoms with Crippen molar-refractivity contribution < 1.29 is 13.0 Å². The van der Waals surface area contributed by atoms with Gasteiger partial charge >= 0.3 is 10.1 Å². The summed E-state index contributed by atoms with van der Waals surface area (Å²) in [5.41, 5.74) is 0. The molecule has 0 aliphatic carbocycles. The summed E-state index contributed by atoms with van der Waals surface area (Å²) in [6.45, 7) is 2.46. The summed E-state index contributed by atoms with van der Waals surface area (Å²) in [4.78, 5) is 1.53. The third-order valence-electron chi connectivity index (χ3n) is 1.86. The lowest BCUT2D eigenvalue weighted by Gasteiger charge is -2.31. The van der Waals surface area contributed by atoms with E-state index >= 15 is 0 Å². The van der Waals surface area contributed by atoms with Gasteiger partial charge in [-0.05, 0) is 11.8 Å². The van der Waals surface area contributed by atoms with Crippen LogP contribution in [0.1, 0.15) is 13.3 Å². The summed E-state index contributed by atoms with van der Waals surface area (Å²) < 4.78 is 30.1. The quantitative estimate of drug-likeness (QED) is 0.604. The monoisotopic (exact) mass is 253 g/mol. The second-order valence-corrected chi connectivity index (χ2v) is 6.02. The molecule has 0 fully saturated rings. The molecule has 0 saturated heterocycles. The van der Waals surface area contributed by atoms with Gasteiger partial charge in [-0.25, -0.2) is 0 Å². The van der Waals surface area contributed by atoms with E-state index in [0.717, 1.165) is 23.6 Å². The van der Waals surface area contributed by atoms with Gasteiger partial charge in [0, 0.05) is 18.1 Å². The van der Waals surface area contributed by atoms with Crippen LogP contribution in [0.5, 0.6) is 0 Å². The van der Waals surface area contributed by atoms with Gasteiger partial charge < -0.3 is 4.90 Å². The minimum atomic E-state index is -4.22. The normalized spacial score (nSPS) is 26.9. The number of nitrogens with zero attached hydrogens (tertiary/aromatic N) is 1. The maximum absolute atomic E-state index is 11.2. The Kier molecular flexibility index (Phi) is 3.57. The molecular formula is C7H11NO3S3.